The van der Waals surface area contributed by atoms with Gasteiger partial charge in [0.2, 0.25) is 6.33 Å². The van der Waals surface area contributed by atoms with Gasteiger partial charge in [0.05, 0.1) is 24.4 Å². The number of hydrogen-bond acceptors (Lipinski definition) is 6. The molecule has 1 heterocycles. The van der Waals surface area contributed by atoms with Crippen LogP contribution in [0.1, 0.15) is 143 Å². The summed E-state index contributed by atoms with van der Waals surface area (Å²) in [6.45, 7) is 11.7. The summed E-state index contributed by atoms with van der Waals surface area (Å²) in [4.78, 5) is 28.5. The number of aromatic nitrogens is 2. The standard InChI is InChI=1S/C49H77N2O6/c1-44-19-21-48(54,29-56-5)25-32(44)7-9-34-36-11-13-40(46(36,3)17-15-38(34)44)42(52)27-50-23-24-51(31-50)28-43(53)41-14-12-37-35-10-8-33-26-49(55,30-57-6)22-20-45(33,2)39(35)16-18-47(37,41)4/h23-24,31-41,54-55H,7-22,25-30H2,1-6H3/q+1/t32?,33?,34?,35?,36?,37?,38?,39?,40-,41-,44+,45+,46+,47+,48-,49-/m1/s1. The number of ketones is 2. The fraction of sp³-hybridized carbons (Fsp3) is 0.898. The van der Waals surface area contributed by atoms with Gasteiger partial charge in [0.15, 0.2) is 11.6 Å². The topological polar surface area (TPSA) is 102 Å². The molecular formula is C49H77N2O6+. The van der Waals surface area contributed by atoms with Crippen molar-refractivity contribution in [3.05, 3.63) is 18.7 Å². The average molecular weight is 790 g/mol. The molecule has 0 radical (unpaired) electrons. The minimum atomic E-state index is -0.671. The maximum atomic E-state index is 14.2. The van der Waals surface area contributed by atoms with Crippen LogP contribution in [0.25, 0.3) is 0 Å². The Morgan fingerprint density at radius 1 is 0.614 bits per heavy atom. The SMILES string of the molecule is COC[C@@]1(O)CC[C@@]2(C)C(CCC3C2CC[C@@]2(C)C3CC[C@@H]2C(=O)Cn2cc[n+](CC(=O)[C@H]3CCC4C5CCC6C[C@@](O)(COC)CC[C@]6(C)C5CC[C@@]43C)c2)C1. The second kappa shape index (κ2) is 14.5. The lowest BCUT2D eigenvalue weighted by Crippen LogP contribution is -2.57. The molecule has 8 nitrogen and oxygen atoms in total. The van der Waals surface area contributed by atoms with Crippen LogP contribution in [0.4, 0.5) is 0 Å². The number of aliphatic hydroxyl groups is 2. The minimum absolute atomic E-state index is 0.0700. The van der Waals surface area contributed by atoms with Crippen molar-refractivity contribution in [1.82, 2.24) is 4.57 Å². The van der Waals surface area contributed by atoms with E-state index in [1.807, 2.05) is 18.7 Å². The molecule has 8 fully saturated rings. The zero-order chi connectivity index (χ0) is 40.2. The van der Waals surface area contributed by atoms with Crippen LogP contribution in [0, 0.1) is 80.8 Å². The summed E-state index contributed by atoms with van der Waals surface area (Å²) in [6, 6.07) is 0. The Morgan fingerprint density at radius 2 is 1.09 bits per heavy atom. The molecule has 8 aliphatic rings. The monoisotopic (exact) mass is 790 g/mol. The van der Waals surface area contributed by atoms with Gasteiger partial charge in [-0.05, 0) is 185 Å². The molecule has 8 aliphatic carbocycles. The van der Waals surface area contributed by atoms with Gasteiger partial charge in [-0.2, -0.15) is 0 Å². The van der Waals surface area contributed by atoms with Crippen LogP contribution in [0.3, 0.4) is 0 Å². The number of Topliss-reactive ketones (excluding diaryl/α,β-unsaturated/α-hetero) is 2. The van der Waals surface area contributed by atoms with Gasteiger partial charge in [-0.25, -0.2) is 9.13 Å². The Kier molecular flexibility index (Phi) is 10.4. The smallest absolute Gasteiger partial charge is 0.244 e. The van der Waals surface area contributed by atoms with Crippen molar-refractivity contribution in [2.45, 2.75) is 168 Å². The Balaban J connectivity index is 0.809. The lowest BCUT2D eigenvalue weighted by molar-refractivity contribution is -0.684. The third-order valence-corrected chi connectivity index (χ3v) is 20.7. The molecule has 0 aromatic carbocycles. The lowest BCUT2D eigenvalue weighted by atomic mass is 9.44. The number of carbonyl (C=O) groups is 2. The van der Waals surface area contributed by atoms with Crippen molar-refractivity contribution in [3.63, 3.8) is 0 Å². The zero-order valence-corrected chi connectivity index (χ0v) is 36.5. The molecule has 2 N–H and O–H groups in total. The largest absolute Gasteiger partial charge is 0.387 e. The van der Waals surface area contributed by atoms with Gasteiger partial charge < -0.3 is 19.7 Å². The normalized spacial score (nSPS) is 50.2. The van der Waals surface area contributed by atoms with Crippen LogP contribution >= 0.6 is 0 Å². The molecular weight excluding hydrogens is 713 g/mol. The summed E-state index contributed by atoms with van der Waals surface area (Å²) in [5, 5.41) is 22.6. The third-order valence-electron chi connectivity index (χ3n) is 20.7. The number of hydrogen-bond donors (Lipinski definition) is 2. The van der Waals surface area contributed by atoms with E-state index in [0.29, 0.717) is 85.2 Å². The Labute approximate surface area is 343 Å². The molecule has 57 heavy (non-hydrogen) atoms. The van der Waals surface area contributed by atoms with Gasteiger partial charge in [0, 0.05) is 26.1 Å². The highest BCUT2D eigenvalue weighted by Gasteiger charge is 2.64. The third kappa shape index (κ3) is 6.51. The van der Waals surface area contributed by atoms with Gasteiger partial charge in [0.25, 0.3) is 0 Å². The fourth-order valence-electron chi connectivity index (χ4n) is 17.7. The highest BCUT2D eigenvalue weighted by Crippen LogP contribution is 2.70. The van der Waals surface area contributed by atoms with E-state index in [1.54, 1.807) is 14.2 Å². The summed E-state index contributed by atoms with van der Waals surface area (Å²) < 4.78 is 15.0. The Morgan fingerprint density at radius 3 is 1.58 bits per heavy atom. The molecule has 8 heteroatoms. The Hall–Kier alpha value is -1.61. The van der Waals surface area contributed by atoms with Crippen LogP contribution in [0.15, 0.2) is 18.7 Å². The van der Waals surface area contributed by atoms with E-state index in [2.05, 4.69) is 36.8 Å². The molecule has 0 amide bonds. The maximum absolute atomic E-state index is 14.2. The molecule has 0 saturated heterocycles. The minimum Gasteiger partial charge on any atom is -0.387 e. The molecule has 8 unspecified atom stereocenters. The average Bonchev–Trinajstić information content (AvgIpc) is 3.87. The summed E-state index contributed by atoms with van der Waals surface area (Å²) >= 11 is 0. The molecule has 1 aromatic heterocycles. The van der Waals surface area contributed by atoms with Crippen LogP contribution < -0.4 is 4.57 Å². The van der Waals surface area contributed by atoms with E-state index < -0.39 is 11.2 Å². The number of imidazole rings is 1. The number of rotatable bonds is 10. The zero-order valence-electron chi connectivity index (χ0n) is 36.5. The molecule has 16 atom stereocenters. The lowest BCUT2D eigenvalue weighted by Gasteiger charge is -2.62. The number of carbonyl (C=O) groups excluding carboxylic acids is 2. The van der Waals surface area contributed by atoms with Gasteiger partial charge in [-0.1, -0.05) is 27.7 Å². The molecule has 0 bridgehead atoms. The number of methoxy groups -OCH3 is 2. The van der Waals surface area contributed by atoms with Crippen molar-refractivity contribution < 1.29 is 33.8 Å². The maximum Gasteiger partial charge on any atom is 0.244 e. The van der Waals surface area contributed by atoms with E-state index in [9.17, 15) is 19.8 Å². The first-order valence-electron chi connectivity index (χ1n) is 23.6. The first kappa shape index (κ1) is 40.8. The van der Waals surface area contributed by atoms with Crippen LogP contribution in [-0.4, -0.2) is 65.0 Å². The first-order valence-corrected chi connectivity index (χ1v) is 23.6. The molecule has 8 saturated carbocycles. The number of ether oxygens (including phenoxy) is 2. The van der Waals surface area contributed by atoms with Gasteiger partial charge in [-0.3, -0.25) is 9.59 Å². The second-order valence-electron chi connectivity index (χ2n) is 23.1. The van der Waals surface area contributed by atoms with E-state index in [1.165, 1.54) is 51.4 Å². The van der Waals surface area contributed by atoms with Crippen molar-refractivity contribution >= 4 is 11.6 Å². The van der Waals surface area contributed by atoms with E-state index in [0.717, 1.165) is 64.2 Å². The van der Waals surface area contributed by atoms with Crippen molar-refractivity contribution in [2.75, 3.05) is 27.4 Å². The molecule has 318 valence electrons. The summed E-state index contributed by atoms with van der Waals surface area (Å²) in [6.07, 6.45) is 25.6. The highest BCUT2D eigenvalue weighted by molar-refractivity contribution is 5.82. The van der Waals surface area contributed by atoms with E-state index in [4.69, 9.17) is 9.47 Å². The van der Waals surface area contributed by atoms with Gasteiger partial charge in [-0.15, -0.1) is 0 Å². The van der Waals surface area contributed by atoms with Gasteiger partial charge >= 0.3 is 0 Å². The summed E-state index contributed by atoms with van der Waals surface area (Å²) in [7, 11) is 3.42. The number of fused-ring (bicyclic) bond motifs is 10. The van der Waals surface area contributed by atoms with E-state index >= 15 is 0 Å². The van der Waals surface area contributed by atoms with Crippen molar-refractivity contribution in [1.29, 1.82) is 0 Å². The van der Waals surface area contributed by atoms with Gasteiger partial charge in [0.1, 0.15) is 25.5 Å². The Bertz CT molecular complexity index is 1580. The number of nitrogens with zero attached hydrogens (tertiary/aromatic N) is 2. The molecule has 1 aromatic rings. The predicted octanol–water partition coefficient (Wildman–Crippen LogP) is 7.99. The van der Waals surface area contributed by atoms with Crippen molar-refractivity contribution in [3.8, 4) is 0 Å². The van der Waals surface area contributed by atoms with E-state index in [-0.39, 0.29) is 33.5 Å². The molecule has 9 rings (SSSR count). The summed E-state index contributed by atoms with van der Waals surface area (Å²) in [5.41, 5.74) is -0.635. The fourth-order valence-corrected chi connectivity index (χ4v) is 17.7. The second-order valence-corrected chi connectivity index (χ2v) is 23.1. The van der Waals surface area contributed by atoms with Crippen LogP contribution in [-0.2, 0) is 32.2 Å². The van der Waals surface area contributed by atoms with Crippen LogP contribution in [0.2, 0.25) is 0 Å². The predicted molar refractivity (Wildman–Crippen MR) is 219 cm³/mol. The first-order chi connectivity index (χ1) is 27.1. The van der Waals surface area contributed by atoms with Crippen molar-refractivity contribution in [2.24, 2.45) is 80.8 Å². The quantitative estimate of drug-likeness (QED) is 0.233. The summed E-state index contributed by atoms with van der Waals surface area (Å²) in [5.74, 6) is 6.10. The highest BCUT2D eigenvalue weighted by atomic mass is 16.5. The molecule has 0 aliphatic heterocycles. The van der Waals surface area contributed by atoms with Crippen LogP contribution in [0.5, 0.6) is 0 Å². The molecule has 0 spiro atoms.